The predicted octanol–water partition coefficient (Wildman–Crippen LogP) is 3.20. The van der Waals surface area contributed by atoms with Crippen LogP contribution in [0.5, 0.6) is 0 Å². The molecular formula is C22H18N2O4S. The summed E-state index contributed by atoms with van der Waals surface area (Å²) < 4.78 is 25.5. The number of amides is 1. The van der Waals surface area contributed by atoms with Crippen LogP contribution in [0.15, 0.2) is 66.7 Å². The molecule has 0 spiro atoms. The van der Waals surface area contributed by atoms with Gasteiger partial charge in [0.1, 0.15) is 0 Å². The molecule has 0 atom stereocenters. The zero-order valence-corrected chi connectivity index (χ0v) is 16.4. The number of fused-ring (bicyclic) bond motifs is 3. The first-order valence-electron chi connectivity index (χ1n) is 8.95. The average molecular weight is 406 g/mol. The van der Waals surface area contributed by atoms with Crippen molar-refractivity contribution in [2.24, 2.45) is 0 Å². The van der Waals surface area contributed by atoms with Gasteiger partial charge in [0.25, 0.3) is 5.91 Å². The number of carbonyl (C=O) groups is 2. The molecule has 146 valence electrons. The Morgan fingerprint density at radius 2 is 1.52 bits per heavy atom. The summed E-state index contributed by atoms with van der Waals surface area (Å²) in [5, 5.41) is 2.78. The van der Waals surface area contributed by atoms with Gasteiger partial charge in [-0.3, -0.25) is 14.3 Å². The van der Waals surface area contributed by atoms with Crippen LogP contribution >= 0.6 is 0 Å². The molecule has 4 rings (SSSR count). The molecule has 0 radical (unpaired) electrons. The van der Waals surface area contributed by atoms with E-state index in [1.54, 1.807) is 48.5 Å². The first kappa shape index (κ1) is 18.9. The second kappa shape index (κ2) is 7.18. The van der Waals surface area contributed by atoms with Gasteiger partial charge in [-0.05, 0) is 34.9 Å². The molecule has 0 saturated carbocycles. The topological polar surface area (TPSA) is 92.3 Å². The number of para-hydroxylation sites is 1. The molecule has 1 amide bonds. The lowest BCUT2D eigenvalue weighted by Crippen LogP contribution is -2.24. The van der Waals surface area contributed by atoms with Gasteiger partial charge in [0.2, 0.25) is 10.0 Å². The van der Waals surface area contributed by atoms with Crippen LogP contribution in [0.3, 0.4) is 0 Å². The van der Waals surface area contributed by atoms with Crippen LogP contribution < -0.4 is 10.0 Å². The van der Waals surface area contributed by atoms with Crippen LogP contribution in [0, 0.1) is 0 Å². The van der Waals surface area contributed by atoms with Gasteiger partial charge in [-0.1, -0.05) is 48.5 Å². The van der Waals surface area contributed by atoms with Gasteiger partial charge in [0.05, 0.1) is 11.9 Å². The molecule has 29 heavy (non-hydrogen) atoms. The van der Waals surface area contributed by atoms with E-state index in [0.717, 1.165) is 17.4 Å². The van der Waals surface area contributed by atoms with Crippen molar-refractivity contribution < 1.29 is 18.0 Å². The predicted molar refractivity (Wildman–Crippen MR) is 111 cm³/mol. The molecule has 0 saturated heterocycles. The highest BCUT2D eigenvalue weighted by molar-refractivity contribution is 7.92. The molecule has 0 heterocycles. The Hall–Kier alpha value is -3.45. The van der Waals surface area contributed by atoms with E-state index in [1.807, 2.05) is 18.2 Å². The zero-order chi connectivity index (χ0) is 20.6. The van der Waals surface area contributed by atoms with Gasteiger partial charge in [-0.15, -0.1) is 0 Å². The molecule has 1 aliphatic rings. The Bertz CT molecular complexity index is 1250. The fraction of sp³-hybridized carbons (Fsp3) is 0.0909. The monoisotopic (exact) mass is 406 g/mol. The molecule has 6 nitrogen and oxygen atoms in total. The van der Waals surface area contributed by atoms with Gasteiger partial charge in [-0.2, -0.15) is 0 Å². The zero-order valence-electron chi connectivity index (χ0n) is 15.6. The lowest BCUT2D eigenvalue weighted by molar-refractivity contribution is 0.0951. The smallest absolute Gasteiger partial charge is 0.251 e. The summed E-state index contributed by atoms with van der Waals surface area (Å²) in [4.78, 5) is 25.3. The average Bonchev–Trinajstić information content (AvgIpc) is 2.98. The third kappa shape index (κ3) is 3.77. The number of carbonyl (C=O) groups excluding carboxylic acids is 2. The number of nitrogens with one attached hydrogen (secondary N) is 2. The first-order valence-corrected chi connectivity index (χ1v) is 10.8. The quantitative estimate of drug-likeness (QED) is 0.532. The van der Waals surface area contributed by atoms with Crippen molar-refractivity contribution in [3.05, 3.63) is 89.0 Å². The lowest BCUT2D eigenvalue weighted by atomic mass is 10.0. The van der Waals surface area contributed by atoms with Gasteiger partial charge < -0.3 is 5.32 Å². The Morgan fingerprint density at radius 1 is 0.862 bits per heavy atom. The number of rotatable bonds is 5. The minimum absolute atomic E-state index is 0.0899. The van der Waals surface area contributed by atoms with Crippen molar-refractivity contribution in [1.82, 2.24) is 5.32 Å². The third-order valence-corrected chi connectivity index (χ3v) is 5.33. The van der Waals surface area contributed by atoms with E-state index in [4.69, 9.17) is 0 Å². The highest BCUT2D eigenvalue weighted by atomic mass is 32.2. The Kier molecular flexibility index (Phi) is 4.68. The maximum Gasteiger partial charge on any atom is 0.251 e. The van der Waals surface area contributed by atoms with Crippen LogP contribution in [0.25, 0.3) is 11.1 Å². The second-order valence-corrected chi connectivity index (χ2v) is 8.60. The minimum atomic E-state index is -3.43. The Labute approximate surface area is 168 Å². The first-order chi connectivity index (χ1) is 13.8. The van der Waals surface area contributed by atoms with Crippen LogP contribution in [0.2, 0.25) is 0 Å². The minimum Gasteiger partial charge on any atom is -0.348 e. The number of hydrogen-bond donors (Lipinski definition) is 2. The van der Waals surface area contributed by atoms with Crippen molar-refractivity contribution in [2.45, 2.75) is 6.54 Å². The van der Waals surface area contributed by atoms with Crippen molar-refractivity contribution in [3.63, 3.8) is 0 Å². The summed E-state index contributed by atoms with van der Waals surface area (Å²) in [6.07, 6.45) is 1.07. The fourth-order valence-electron chi connectivity index (χ4n) is 3.42. The fourth-order valence-corrected chi connectivity index (χ4v) is 4.02. The van der Waals surface area contributed by atoms with Crippen LogP contribution in [-0.4, -0.2) is 26.4 Å². The molecule has 0 bridgehead atoms. The van der Waals surface area contributed by atoms with E-state index in [-0.39, 0.29) is 18.2 Å². The summed E-state index contributed by atoms with van der Waals surface area (Å²) in [5.74, 6) is -0.432. The van der Waals surface area contributed by atoms with E-state index in [1.165, 1.54) is 0 Å². The number of sulfonamides is 1. The molecular weight excluding hydrogens is 388 g/mol. The van der Waals surface area contributed by atoms with Crippen LogP contribution in [0.4, 0.5) is 5.69 Å². The largest absolute Gasteiger partial charge is 0.348 e. The second-order valence-electron chi connectivity index (χ2n) is 6.85. The van der Waals surface area contributed by atoms with Gasteiger partial charge >= 0.3 is 0 Å². The molecule has 7 heteroatoms. The molecule has 2 N–H and O–H groups in total. The lowest BCUT2D eigenvalue weighted by Gasteiger charge is -2.12. The van der Waals surface area contributed by atoms with Crippen LogP contribution in [-0.2, 0) is 16.6 Å². The van der Waals surface area contributed by atoms with E-state index in [9.17, 15) is 18.0 Å². The molecule has 3 aromatic carbocycles. The van der Waals surface area contributed by atoms with Crippen molar-refractivity contribution >= 4 is 27.4 Å². The summed E-state index contributed by atoms with van der Waals surface area (Å²) in [6, 6.07) is 19.3. The van der Waals surface area contributed by atoms with Crippen LogP contribution in [0.1, 0.15) is 31.8 Å². The van der Waals surface area contributed by atoms with Gasteiger partial charge in [0.15, 0.2) is 5.78 Å². The van der Waals surface area contributed by atoms with E-state index >= 15 is 0 Å². The van der Waals surface area contributed by atoms with Gasteiger partial charge in [0, 0.05) is 23.2 Å². The summed E-state index contributed by atoms with van der Waals surface area (Å²) in [5.41, 5.74) is 4.27. The highest BCUT2D eigenvalue weighted by Gasteiger charge is 2.27. The molecule has 0 fully saturated rings. The van der Waals surface area contributed by atoms with E-state index in [0.29, 0.717) is 27.9 Å². The molecule has 1 aliphatic carbocycles. The van der Waals surface area contributed by atoms with E-state index in [2.05, 4.69) is 10.0 Å². The number of ketones is 1. The van der Waals surface area contributed by atoms with Crippen molar-refractivity contribution in [2.75, 3.05) is 11.0 Å². The standard InChI is InChI=1S/C22H18N2O4S/c1-29(27,28)24-20-9-5-2-6-15(20)13-23-22(26)14-10-11-17-16-7-3-4-8-18(16)21(25)19(17)12-14/h2-12,24H,13H2,1H3,(H,23,26). The SMILES string of the molecule is CS(=O)(=O)Nc1ccccc1CNC(=O)c1ccc2c(c1)C(=O)c1ccccc1-2. The maximum absolute atomic E-state index is 12.6. The maximum atomic E-state index is 12.6. The molecule has 3 aromatic rings. The summed E-state index contributed by atoms with van der Waals surface area (Å²) in [6.45, 7) is 0.142. The van der Waals surface area contributed by atoms with E-state index < -0.39 is 10.0 Å². The van der Waals surface area contributed by atoms with Crippen molar-refractivity contribution in [3.8, 4) is 11.1 Å². The Morgan fingerprint density at radius 3 is 2.28 bits per heavy atom. The van der Waals surface area contributed by atoms with Gasteiger partial charge in [-0.25, -0.2) is 8.42 Å². The number of hydrogen-bond acceptors (Lipinski definition) is 4. The molecule has 0 unspecified atom stereocenters. The number of benzene rings is 3. The number of anilines is 1. The summed E-state index contributed by atoms with van der Waals surface area (Å²) >= 11 is 0. The molecule has 0 aliphatic heterocycles. The molecule has 0 aromatic heterocycles. The highest BCUT2D eigenvalue weighted by Crippen LogP contribution is 2.36. The summed E-state index contributed by atoms with van der Waals surface area (Å²) in [7, 11) is -3.43. The van der Waals surface area contributed by atoms with Crippen molar-refractivity contribution in [1.29, 1.82) is 0 Å². The third-order valence-electron chi connectivity index (χ3n) is 4.74. The normalized spacial score (nSPS) is 12.2. The Balaban J connectivity index is 1.54.